The van der Waals surface area contributed by atoms with E-state index in [0.29, 0.717) is 31.7 Å². The van der Waals surface area contributed by atoms with Gasteiger partial charge in [-0.3, -0.25) is 20.0 Å². The van der Waals surface area contributed by atoms with Crippen LogP contribution in [0.4, 0.5) is 5.69 Å². The van der Waals surface area contributed by atoms with Gasteiger partial charge in [-0.05, 0) is 13.3 Å². The van der Waals surface area contributed by atoms with Crippen LogP contribution in [-0.4, -0.2) is 51.6 Å². The minimum Gasteiger partial charge on any atom is -0.334 e. The summed E-state index contributed by atoms with van der Waals surface area (Å²) in [5.41, 5.74) is 0.166. The first-order chi connectivity index (χ1) is 9.54. The fraction of sp³-hybridized carbons (Fsp3) is 0.667. The first kappa shape index (κ1) is 17.4. The monoisotopic (exact) mass is 317 g/mol. The van der Waals surface area contributed by atoms with E-state index < -0.39 is 4.92 Å². The van der Waals surface area contributed by atoms with Gasteiger partial charge in [0.2, 0.25) is 5.69 Å². The Morgan fingerprint density at radius 3 is 2.86 bits per heavy atom. The molecule has 1 aromatic heterocycles. The third kappa shape index (κ3) is 3.70. The molecule has 9 heteroatoms. The Morgan fingerprint density at radius 2 is 2.29 bits per heavy atom. The Balaban J connectivity index is 0.00000220. The molecule has 2 rings (SSSR count). The summed E-state index contributed by atoms with van der Waals surface area (Å²) in [5, 5.41) is 20.9. The highest BCUT2D eigenvalue weighted by atomic mass is 35.5. The molecule has 118 valence electrons. The summed E-state index contributed by atoms with van der Waals surface area (Å²) < 4.78 is 0. The van der Waals surface area contributed by atoms with Gasteiger partial charge in [-0.2, -0.15) is 5.10 Å². The van der Waals surface area contributed by atoms with Gasteiger partial charge in [0.1, 0.15) is 5.69 Å². The third-order valence-electron chi connectivity index (χ3n) is 3.35. The molecule has 0 bridgehead atoms. The molecule has 0 saturated carbocycles. The van der Waals surface area contributed by atoms with E-state index in [1.807, 2.05) is 13.8 Å². The van der Waals surface area contributed by atoms with Crippen molar-refractivity contribution in [3.05, 3.63) is 21.5 Å². The van der Waals surface area contributed by atoms with Gasteiger partial charge in [0.05, 0.1) is 4.92 Å². The van der Waals surface area contributed by atoms with E-state index in [2.05, 4.69) is 15.5 Å². The highest BCUT2D eigenvalue weighted by molar-refractivity contribution is 5.96. The van der Waals surface area contributed by atoms with Gasteiger partial charge < -0.3 is 10.2 Å². The molecule has 1 unspecified atom stereocenters. The van der Waals surface area contributed by atoms with E-state index >= 15 is 0 Å². The zero-order chi connectivity index (χ0) is 14.7. The Bertz CT molecular complexity index is 519. The molecule has 2 N–H and O–H groups in total. The molecule has 1 aromatic rings. The van der Waals surface area contributed by atoms with Crippen LogP contribution >= 0.6 is 12.4 Å². The molecule has 0 radical (unpaired) electrons. The lowest BCUT2D eigenvalue weighted by Gasteiger charge is -2.31. The quantitative estimate of drug-likeness (QED) is 0.640. The number of nitro groups is 1. The maximum Gasteiger partial charge on any atom is 0.322 e. The van der Waals surface area contributed by atoms with E-state index in [0.717, 1.165) is 6.42 Å². The number of halogens is 1. The van der Waals surface area contributed by atoms with Crippen molar-refractivity contribution >= 4 is 24.0 Å². The molecule has 1 amide bonds. The number of nitrogens with one attached hydrogen (secondary N) is 2. The third-order valence-corrected chi connectivity index (χ3v) is 3.35. The molecule has 2 heterocycles. The number of aromatic amines is 1. The number of aromatic nitrogens is 2. The fourth-order valence-electron chi connectivity index (χ4n) is 2.41. The van der Waals surface area contributed by atoms with Crippen LogP contribution in [0.2, 0.25) is 0 Å². The number of carbonyl (C=O) groups excluding carboxylic acids is 1. The van der Waals surface area contributed by atoms with Crippen molar-refractivity contribution < 1.29 is 9.72 Å². The molecule has 1 saturated heterocycles. The highest BCUT2D eigenvalue weighted by Crippen LogP contribution is 2.24. The fourth-order valence-corrected chi connectivity index (χ4v) is 2.41. The first-order valence-electron chi connectivity index (χ1n) is 6.78. The van der Waals surface area contributed by atoms with Crippen LogP contribution in [0.1, 0.15) is 36.5 Å². The van der Waals surface area contributed by atoms with Crippen molar-refractivity contribution in [3.63, 3.8) is 0 Å². The van der Waals surface area contributed by atoms with Crippen molar-refractivity contribution in [2.75, 3.05) is 19.6 Å². The standard InChI is InChI=1S/C12H19N5O3.ClH/c1-3-4-9-11(17(19)20)10(15-14-9)12(18)16-6-5-13-8(2)7-16;/h8,13H,3-7H2,1-2H3,(H,14,15);1H. The second-order valence-electron chi connectivity index (χ2n) is 5.01. The summed E-state index contributed by atoms with van der Waals surface area (Å²) in [5.74, 6) is -0.372. The van der Waals surface area contributed by atoms with Gasteiger partial charge in [-0.15, -0.1) is 12.4 Å². The number of rotatable bonds is 4. The number of amides is 1. The lowest BCUT2D eigenvalue weighted by Crippen LogP contribution is -2.51. The zero-order valence-electron chi connectivity index (χ0n) is 12.1. The van der Waals surface area contributed by atoms with Crippen LogP contribution in [0.25, 0.3) is 0 Å². The van der Waals surface area contributed by atoms with Crippen molar-refractivity contribution in [2.45, 2.75) is 32.7 Å². The van der Waals surface area contributed by atoms with Crippen molar-refractivity contribution in [1.82, 2.24) is 20.4 Å². The maximum atomic E-state index is 12.4. The van der Waals surface area contributed by atoms with E-state index in [4.69, 9.17) is 0 Å². The summed E-state index contributed by atoms with van der Waals surface area (Å²) in [7, 11) is 0. The van der Waals surface area contributed by atoms with E-state index in [1.165, 1.54) is 0 Å². The largest absolute Gasteiger partial charge is 0.334 e. The van der Waals surface area contributed by atoms with Gasteiger partial charge in [-0.1, -0.05) is 13.3 Å². The Labute approximate surface area is 128 Å². The van der Waals surface area contributed by atoms with E-state index in [-0.39, 0.29) is 35.7 Å². The van der Waals surface area contributed by atoms with Crippen molar-refractivity contribution in [1.29, 1.82) is 0 Å². The number of nitrogens with zero attached hydrogens (tertiary/aromatic N) is 3. The van der Waals surface area contributed by atoms with Crippen molar-refractivity contribution in [3.8, 4) is 0 Å². The molecule has 1 fully saturated rings. The zero-order valence-corrected chi connectivity index (χ0v) is 12.9. The molecular weight excluding hydrogens is 298 g/mol. The average Bonchev–Trinajstić information content (AvgIpc) is 2.82. The minimum atomic E-state index is -0.520. The van der Waals surface area contributed by atoms with Gasteiger partial charge in [0.15, 0.2) is 0 Å². The van der Waals surface area contributed by atoms with Crippen LogP contribution in [0.15, 0.2) is 0 Å². The summed E-state index contributed by atoms with van der Waals surface area (Å²) >= 11 is 0. The van der Waals surface area contributed by atoms with Gasteiger partial charge in [0.25, 0.3) is 5.91 Å². The SMILES string of the molecule is CCCc1[nH]nc(C(=O)N2CCNC(C)C2)c1[N+](=O)[O-].Cl. The minimum absolute atomic E-state index is 0. The van der Waals surface area contributed by atoms with Crippen LogP contribution in [-0.2, 0) is 6.42 Å². The molecule has 0 aromatic carbocycles. The predicted octanol–water partition coefficient (Wildman–Crippen LogP) is 1.13. The van der Waals surface area contributed by atoms with Gasteiger partial charge in [-0.25, -0.2) is 0 Å². The first-order valence-corrected chi connectivity index (χ1v) is 6.78. The Hall–Kier alpha value is -1.67. The number of hydrogen-bond donors (Lipinski definition) is 2. The smallest absolute Gasteiger partial charge is 0.322 e. The van der Waals surface area contributed by atoms with E-state index in [1.54, 1.807) is 4.90 Å². The summed E-state index contributed by atoms with van der Waals surface area (Å²) in [6, 6.07) is 0.181. The molecular formula is C12H20ClN5O3. The van der Waals surface area contributed by atoms with Gasteiger partial charge >= 0.3 is 5.69 Å². The van der Waals surface area contributed by atoms with Crippen molar-refractivity contribution in [2.24, 2.45) is 0 Å². The molecule has 1 aliphatic rings. The molecule has 8 nitrogen and oxygen atoms in total. The lowest BCUT2D eigenvalue weighted by atomic mass is 10.1. The second-order valence-corrected chi connectivity index (χ2v) is 5.01. The number of piperazine rings is 1. The van der Waals surface area contributed by atoms with Crippen LogP contribution < -0.4 is 5.32 Å². The number of hydrogen-bond acceptors (Lipinski definition) is 5. The molecule has 0 aliphatic carbocycles. The second kappa shape index (κ2) is 7.37. The topological polar surface area (TPSA) is 104 Å². The van der Waals surface area contributed by atoms with Crippen LogP contribution in [0.5, 0.6) is 0 Å². The summed E-state index contributed by atoms with van der Waals surface area (Å²) in [6.07, 6.45) is 1.26. The number of carbonyl (C=O) groups is 1. The highest BCUT2D eigenvalue weighted by Gasteiger charge is 2.32. The van der Waals surface area contributed by atoms with E-state index in [9.17, 15) is 14.9 Å². The Morgan fingerprint density at radius 1 is 1.57 bits per heavy atom. The summed E-state index contributed by atoms with van der Waals surface area (Å²) in [6.45, 7) is 5.65. The van der Waals surface area contributed by atoms with Crippen LogP contribution in [0.3, 0.4) is 0 Å². The molecule has 21 heavy (non-hydrogen) atoms. The predicted molar refractivity (Wildman–Crippen MR) is 79.9 cm³/mol. The number of aryl methyl sites for hydroxylation is 1. The summed E-state index contributed by atoms with van der Waals surface area (Å²) in [4.78, 5) is 24.7. The normalized spacial score (nSPS) is 18.2. The van der Waals surface area contributed by atoms with Gasteiger partial charge in [0, 0.05) is 25.7 Å². The maximum absolute atomic E-state index is 12.4. The molecule has 1 aliphatic heterocycles. The molecule has 0 spiro atoms. The average molecular weight is 318 g/mol. The molecule has 1 atom stereocenters. The number of H-pyrrole nitrogens is 1. The van der Waals surface area contributed by atoms with Crippen LogP contribution in [0, 0.1) is 10.1 Å². The Kier molecular flexibility index (Phi) is 6.10. The lowest BCUT2D eigenvalue weighted by molar-refractivity contribution is -0.385.